The minimum absolute atomic E-state index is 0.171. The molecule has 0 aliphatic heterocycles. The van der Waals surface area contributed by atoms with Gasteiger partial charge in [-0.2, -0.15) is 0 Å². The van der Waals surface area contributed by atoms with Crippen molar-refractivity contribution in [2.24, 2.45) is 0 Å². The molecule has 1 aromatic heterocycles. The second kappa shape index (κ2) is 5.95. The Bertz CT molecular complexity index is 566. The maximum atomic E-state index is 10.9. The van der Waals surface area contributed by atoms with Crippen LogP contribution in [0.25, 0.3) is 0 Å². The van der Waals surface area contributed by atoms with Crippen LogP contribution in [0, 0.1) is 0 Å². The van der Waals surface area contributed by atoms with Crippen LogP contribution in [0.5, 0.6) is 0 Å². The van der Waals surface area contributed by atoms with Gasteiger partial charge in [0.05, 0.1) is 0 Å². The standard InChI is InChI=1S/C14H16N4O/c1-10(19)17-14-16-9-8-13(18-14)7-4-11-2-5-12(15)6-3-11/h2-3,5-6,8-9H,4,7,15H2,1H3,(H,16,17,18,19). The lowest BCUT2D eigenvalue weighted by molar-refractivity contribution is -0.114. The fraction of sp³-hybridized carbons (Fsp3) is 0.214. The molecule has 5 nitrogen and oxygen atoms in total. The normalized spacial score (nSPS) is 10.2. The molecule has 0 radical (unpaired) electrons. The highest BCUT2D eigenvalue weighted by atomic mass is 16.1. The number of hydrogen-bond acceptors (Lipinski definition) is 4. The predicted octanol–water partition coefficient (Wildman–Crippen LogP) is 1.80. The van der Waals surface area contributed by atoms with Crippen molar-refractivity contribution >= 4 is 17.5 Å². The highest BCUT2D eigenvalue weighted by molar-refractivity contribution is 5.86. The molecule has 0 aliphatic rings. The number of nitrogens with two attached hydrogens (primary N) is 1. The van der Waals surface area contributed by atoms with Gasteiger partial charge in [0.2, 0.25) is 11.9 Å². The number of anilines is 2. The van der Waals surface area contributed by atoms with E-state index < -0.39 is 0 Å². The zero-order chi connectivity index (χ0) is 13.7. The molecule has 0 aliphatic carbocycles. The lowest BCUT2D eigenvalue weighted by Gasteiger charge is -2.04. The molecule has 98 valence electrons. The van der Waals surface area contributed by atoms with Gasteiger partial charge in [-0.1, -0.05) is 12.1 Å². The maximum absolute atomic E-state index is 10.9. The van der Waals surface area contributed by atoms with E-state index in [0.29, 0.717) is 5.95 Å². The molecule has 0 bridgehead atoms. The van der Waals surface area contributed by atoms with Crippen molar-refractivity contribution in [2.45, 2.75) is 19.8 Å². The lowest BCUT2D eigenvalue weighted by Crippen LogP contribution is -2.10. The van der Waals surface area contributed by atoms with Gasteiger partial charge < -0.3 is 5.73 Å². The summed E-state index contributed by atoms with van der Waals surface area (Å²) in [4.78, 5) is 19.2. The van der Waals surface area contributed by atoms with Crippen LogP contribution in [0.1, 0.15) is 18.2 Å². The van der Waals surface area contributed by atoms with Crippen LogP contribution in [-0.4, -0.2) is 15.9 Å². The van der Waals surface area contributed by atoms with E-state index in [-0.39, 0.29) is 5.91 Å². The number of nitrogens with one attached hydrogen (secondary N) is 1. The Kier molecular flexibility index (Phi) is 4.07. The average Bonchev–Trinajstić information content (AvgIpc) is 2.38. The van der Waals surface area contributed by atoms with Crippen molar-refractivity contribution in [1.29, 1.82) is 0 Å². The van der Waals surface area contributed by atoms with E-state index in [1.807, 2.05) is 30.3 Å². The highest BCUT2D eigenvalue weighted by Gasteiger charge is 2.02. The van der Waals surface area contributed by atoms with Crippen molar-refractivity contribution in [3.05, 3.63) is 47.8 Å². The van der Waals surface area contributed by atoms with Gasteiger partial charge in [-0.3, -0.25) is 10.1 Å². The van der Waals surface area contributed by atoms with Crippen molar-refractivity contribution in [1.82, 2.24) is 9.97 Å². The smallest absolute Gasteiger partial charge is 0.229 e. The van der Waals surface area contributed by atoms with Crippen LogP contribution >= 0.6 is 0 Å². The molecule has 1 aromatic carbocycles. The third kappa shape index (κ3) is 4.06. The minimum atomic E-state index is -0.171. The summed E-state index contributed by atoms with van der Waals surface area (Å²) in [5.41, 5.74) is 8.50. The first-order valence-electron chi connectivity index (χ1n) is 6.07. The van der Waals surface area contributed by atoms with Crippen LogP contribution in [0.15, 0.2) is 36.5 Å². The van der Waals surface area contributed by atoms with E-state index in [0.717, 1.165) is 24.2 Å². The summed E-state index contributed by atoms with van der Waals surface area (Å²) in [5.74, 6) is 0.179. The number of nitrogen functional groups attached to an aromatic ring is 1. The summed E-state index contributed by atoms with van der Waals surface area (Å²) >= 11 is 0. The van der Waals surface area contributed by atoms with Gasteiger partial charge in [-0.05, 0) is 36.6 Å². The Morgan fingerprint density at radius 1 is 1.21 bits per heavy atom. The number of carbonyl (C=O) groups is 1. The molecule has 0 unspecified atom stereocenters. The molecular weight excluding hydrogens is 240 g/mol. The molecule has 2 aromatic rings. The van der Waals surface area contributed by atoms with Crippen LogP contribution in [-0.2, 0) is 17.6 Å². The number of hydrogen-bond donors (Lipinski definition) is 2. The Balaban J connectivity index is 1.99. The van der Waals surface area contributed by atoms with Gasteiger partial charge in [0.1, 0.15) is 0 Å². The van der Waals surface area contributed by atoms with Crippen LogP contribution in [0.4, 0.5) is 11.6 Å². The molecule has 5 heteroatoms. The summed E-state index contributed by atoms with van der Waals surface area (Å²) in [5, 5.41) is 2.57. The quantitative estimate of drug-likeness (QED) is 0.817. The number of amides is 1. The molecule has 1 amide bonds. The first kappa shape index (κ1) is 13.0. The molecule has 0 fully saturated rings. The van der Waals surface area contributed by atoms with Crippen LogP contribution < -0.4 is 11.1 Å². The number of aryl methyl sites for hydroxylation is 2. The Hall–Kier alpha value is -2.43. The summed E-state index contributed by atoms with van der Waals surface area (Å²) in [6, 6.07) is 9.63. The summed E-state index contributed by atoms with van der Waals surface area (Å²) < 4.78 is 0. The monoisotopic (exact) mass is 256 g/mol. The Morgan fingerprint density at radius 2 is 1.95 bits per heavy atom. The molecule has 3 N–H and O–H groups in total. The van der Waals surface area contributed by atoms with Gasteiger partial charge in [0, 0.05) is 24.5 Å². The number of carbonyl (C=O) groups excluding carboxylic acids is 1. The molecule has 0 saturated carbocycles. The molecule has 0 spiro atoms. The fourth-order valence-electron chi connectivity index (χ4n) is 1.71. The van der Waals surface area contributed by atoms with Crippen molar-refractivity contribution in [2.75, 3.05) is 11.1 Å². The van der Waals surface area contributed by atoms with E-state index in [1.165, 1.54) is 12.5 Å². The second-order valence-electron chi connectivity index (χ2n) is 4.29. The van der Waals surface area contributed by atoms with E-state index in [1.54, 1.807) is 6.20 Å². The van der Waals surface area contributed by atoms with E-state index in [2.05, 4.69) is 15.3 Å². The van der Waals surface area contributed by atoms with Gasteiger partial charge in [-0.25, -0.2) is 9.97 Å². The van der Waals surface area contributed by atoms with Gasteiger partial charge in [0.15, 0.2) is 0 Å². The predicted molar refractivity (Wildman–Crippen MR) is 74.6 cm³/mol. The molecule has 2 rings (SSSR count). The maximum Gasteiger partial charge on any atom is 0.229 e. The first-order valence-corrected chi connectivity index (χ1v) is 6.07. The molecule has 0 saturated heterocycles. The minimum Gasteiger partial charge on any atom is -0.399 e. The topological polar surface area (TPSA) is 80.9 Å². The van der Waals surface area contributed by atoms with Gasteiger partial charge in [-0.15, -0.1) is 0 Å². The molecule has 1 heterocycles. The van der Waals surface area contributed by atoms with Crippen molar-refractivity contribution in [3.8, 4) is 0 Å². The largest absolute Gasteiger partial charge is 0.399 e. The molecule has 0 atom stereocenters. The van der Waals surface area contributed by atoms with Crippen molar-refractivity contribution < 1.29 is 4.79 Å². The molecule has 19 heavy (non-hydrogen) atoms. The number of aromatic nitrogens is 2. The third-order valence-electron chi connectivity index (χ3n) is 2.65. The lowest BCUT2D eigenvalue weighted by atomic mass is 10.1. The third-order valence-corrected chi connectivity index (χ3v) is 2.65. The first-order chi connectivity index (χ1) is 9.13. The zero-order valence-electron chi connectivity index (χ0n) is 10.8. The van der Waals surface area contributed by atoms with E-state index in [9.17, 15) is 4.79 Å². The van der Waals surface area contributed by atoms with E-state index >= 15 is 0 Å². The van der Waals surface area contributed by atoms with Crippen LogP contribution in [0.2, 0.25) is 0 Å². The van der Waals surface area contributed by atoms with Crippen molar-refractivity contribution in [3.63, 3.8) is 0 Å². The Morgan fingerprint density at radius 3 is 2.63 bits per heavy atom. The fourth-order valence-corrected chi connectivity index (χ4v) is 1.71. The summed E-state index contributed by atoms with van der Waals surface area (Å²) in [7, 11) is 0. The number of rotatable bonds is 4. The highest BCUT2D eigenvalue weighted by Crippen LogP contribution is 2.09. The second-order valence-corrected chi connectivity index (χ2v) is 4.29. The number of benzene rings is 1. The summed E-state index contributed by atoms with van der Waals surface area (Å²) in [6.07, 6.45) is 3.31. The average molecular weight is 256 g/mol. The van der Waals surface area contributed by atoms with E-state index in [4.69, 9.17) is 5.73 Å². The van der Waals surface area contributed by atoms with Crippen LogP contribution in [0.3, 0.4) is 0 Å². The number of nitrogens with zero attached hydrogens (tertiary/aromatic N) is 2. The SMILES string of the molecule is CC(=O)Nc1nccc(CCc2ccc(N)cc2)n1. The molecular formula is C14H16N4O. The summed E-state index contributed by atoms with van der Waals surface area (Å²) in [6.45, 7) is 1.43. The Labute approximate surface area is 111 Å². The van der Waals surface area contributed by atoms with Gasteiger partial charge in [0.25, 0.3) is 0 Å². The zero-order valence-corrected chi connectivity index (χ0v) is 10.8. The van der Waals surface area contributed by atoms with Gasteiger partial charge >= 0.3 is 0 Å².